The lowest BCUT2D eigenvalue weighted by Crippen LogP contribution is -2.58. The minimum Gasteiger partial charge on any atom is -0.408 e. The van der Waals surface area contributed by atoms with E-state index in [1.54, 1.807) is 13.0 Å². The van der Waals surface area contributed by atoms with E-state index in [-0.39, 0.29) is 17.6 Å². The molecule has 1 aromatic heterocycles. The van der Waals surface area contributed by atoms with Crippen LogP contribution in [0.2, 0.25) is 18.1 Å². The summed E-state index contributed by atoms with van der Waals surface area (Å²) in [6.45, 7) is 17.9. The fraction of sp³-hybridized carbons (Fsp3) is 0.500. The third kappa shape index (κ3) is 8.82. The Morgan fingerprint density at radius 3 is 2.49 bits per heavy atom. The average molecular weight is 702 g/mol. The standard InChI is InChI=1S/C36H45ClF3N4OSSi/c1-24-18-27(20-28(19-24)36(38,39)40)34(46)44-17-16-43(15-14-42-13-11-31-26(22-42)8-7-12-41-31)23-32(44)33(45-47(5)6)25-9-10-30(37)29(21-25)35(2,3)4/h7-10,12,18-21,32-33H,11,13-17,22-23H2,1-6H3/t32-,33?/m1/s1. The quantitative estimate of drug-likeness (QED) is 0.174. The van der Waals surface area contributed by atoms with Gasteiger partial charge in [0.05, 0.1) is 17.7 Å². The van der Waals surface area contributed by atoms with E-state index >= 15 is 0 Å². The normalized spacial score (nSPS) is 18.8. The molecule has 0 N–H and O–H groups in total. The number of thiocarbonyl (C=S) groups is 1. The number of aryl methyl sites for hydroxylation is 1. The highest BCUT2D eigenvalue weighted by Crippen LogP contribution is 2.37. The highest BCUT2D eigenvalue weighted by atomic mass is 35.5. The van der Waals surface area contributed by atoms with Gasteiger partial charge in [-0.2, -0.15) is 13.2 Å². The van der Waals surface area contributed by atoms with Crippen LogP contribution in [0.4, 0.5) is 13.2 Å². The van der Waals surface area contributed by atoms with Crippen LogP contribution in [0.25, 0.3) is 0 Å². The second-order valence-corrected chi connectivity index (χ2v) is 16.9. The lowest BCUT2D eigenvalue weighted by Gasteiger charge is -2.47. The van der Waals surface area contributed by atoms with Crippen molar-refractivity contribution in [1.82, 2.24) is 19.7 Å². The van der Waals surface area contributed by atoms with Gasteiger partial charge in [-0.25, -0.2) is 0 Å². The highest BCUT2D eigenvalue weighted by molar-refractivity contribution is 7.80. The van der Waals surface area contributed by atoms with Gasteiger partial charge in [0, 0.05) is 74.7 Å². The molecule has 11 heteroatoms. The van der Waals surface area contributed by atoms with Crippen molar-refractivity contribution < 1.29 is 17.6 Å². The van der Waals surface area contributed by atoms with Gasteiger partial charge in [-0.3, -0.25) is 14.8 Å². The number of aromatic nitrogens is 1. The SMILES string of the molecule is Cc1cc(C(=S)N2CCN(CCN3CCc4ncccc4C3)C[C@@H]2C(O[Si](C)C)c2ccc(Cl)c(C(C)(C)C)c2)cc(C(F)(F)F)c1. The Balaban J connectivity index is 1.47. The number of nitrogens with zero attached hydrogens (tertiary/aromatic N) is 4. The molecule has 2 aromatic carbocycles. The molecule has 253 valence electrons. The second kappa shape index (κ2) is 14.6. The molecule has 0 spiro atoms. The first-order valence-corrected chi connectivity index (χ1v) is 19.4. The number of halogens is 4. The monoisotopic (exact) mass is 701 g/mol. The molecule has 3 aromatic rings. The number of pyridine rings is 1. The van der Waals surface area contributed by atoms with Crippen molar-refractivity contribution in [3.63, 3.8) is 0 Å². The minimum absolute atomic E-state index is 0.185. The van der Waals surface area contributed by atoms with E-state index in [1.165, 1.54) is 23.4 Å². The van der Waals surface area contributed by atoms with Crippen LogP contribution in [0.3, 0.4) is 0 Å². The Morgan fingerprint density at radius 2 is 1.79 bits per heavy atom. The summed E-state index contributed by atoms with van der Waals surface area (Å²) >= 11 is 12.7. The van der Waals surface area contributed by atoms with Gasteiger partial charge < -0.3 is 9.33 Å². The van der Waals surface area contributed by atoms with Gasteiger partial charge in [0.15, 0.2) is 0 Å². The largest absolute Gasteiger partial charge is 0.416 e. The van der Waals surface area contributed by atoms with E-state index in [4.69, 9.17) is 28.2 Å². The first kappa shape index (κ1) is 36.0. The van der Waals surface area contributed by atoms with Gasteiger partial charge in [-0.1, -0.05) is 62.8 Å². The molecule has 2 aliphatic heterocycles. The van der Waals surface area contributed by atoms with Crippen LogP contribution in [0.15, 0.2) is 54.7 Å². The Hall–Kier alpha value is -2.34. The summed E-state index contributed by atoms with van der Waals surface area (Å²) in [5.74, 6) is 0. The van der Waals surface area contributed by atoms with Gasteiger partial charge in [0.25, 0.3) is 0 Å². The van der Waals surface area contributed by atoms with Crippen LogP contribution in [-0.2, 0) is 29.0 Å². The topological polar surface area (TPSA) is 31.8 Å². The molecule has 5 nitrogen and oxygen atoms in total. The molecule has 2 atom stereocenters. The summed E-state index contributed by atoms with van der Waals surface area (Å²) in [5.41, 5.74) is 4.58. The van der Waals surface area contributed by atoms with Crippen molar-refractivity contribution >= 4 is 37.8 Å². The molecule has 5 rings (SSSR count). The minimum atomic E-state index is -4.46. The first-order valence-electron chi connectivity index (χ1n) is 16.2. The number of fused-ring (bicyclic) bond motifs is 1. The maximum atomic E-state index is 13.9. The van der Waals surface area contributed by atoms with Crippen molar-refractivity contribution in [3.8, 4) is 0 Å². The Kier molecular flexibility index (Phi) is 11.2. The zero-order valence-corrected chi connectivity index (χ0v) is 30.7. The number of rotatable bonds is 8. The molecule has 1 unspecified atom stereocenters. The first-order chi connectivity index (χ1) is 22.1. The summed E-state index contributed by atoms with van der Waals surface area (Å²) < 4.78 is 48.4. The van der Waals surface area contributed by atoms with E-state index in [0.717, 1.165) is 50.3 Å². The highest BCUT2D eigenvalue weighted by Gasteiger charge is 2.38. The van der Waals surface area contributed by atoms with Gasteiger partial charge in [0.1, 0.15) is 4.99 Å². The zero-order valence-electron chi connectivity index (χ0n) is 28.1. The van der Waals surface area contributed by atoms with Crippen LogP contribution in [-0.4, -0.2) is 79.0 Å². The van der Waals surface area contributed by atoms with E-state index in [0.29, 0.717) is 34.2 Å². The molecule has 2 aliphatic rings. The lowest BCUT2D eigenvalue weighted by molar-refractivity contribution is -0.137. The van der Waals surface area contributed by atoms with Crippen molar-refractivity contribution in [2.24, 2.45) is 0 Å². The molecular formula is C36H45ClF3N4OSSi. The molecule has 0 amide bonds. The van der Waals surface area contributed by atoms with Crippen LogP contribution in [0.5, 0.6) is 0 Å². The third-order valence-corrected chi connectivity index (χ3v) is 10.6. The fourth-order valence-corrected chi connectivity index (χ4v) is 8.18. The lowest BCUT2D eigenvalue weighted by atomic mass is 9.84. The summed E-state index contributed by atoms with van der Waals surface area (Å²) in [5, 5.41) is 0.703. The molecule has 47 heavy (non-hydrogen) atoms. The maximum absolute atomic E-state index is 13.9. The molecular weight excluding hydrogens is 657 g/mol. The smallest absolute Gasteiger partial charge is 0.408 e. The van der Waals surface area contributed by atoms with Crippen LogP contribution < -0.4 is 0 Å². The van der Waals surface area contributed by atoms with Gasteiger partial charge in [0.2, 0.25) is 9.04 Å². The van der Waals surface area contributed by atoms with Gasteiger partial charge in [-0.15, -0.1) is 0 Å². The van der Waals surface area contributed by atoms with Crippen molar-refractivity contribution in [2.45, 2.75) is 77.5 Å². The number of alkyl halides is 3. The fourth-order valence-electron chi connectivity index (χ4n) is 6.64. The average Bonchev–Trinajstić information content (AvgIpc) is 3.01. The van der Waals surface area contributed by atoms with Crippen molar-refractivity contribution in [2.75, 3.05) is 39.3 Å². The number of hydrogen-bond acceptors (Lipinski definition) is 5. The molecule has 0 bridgehead atoms. The van der Waals surface area contributed by atoms with Crippen LogP contribution >= 0.6 is 23.8 Å². The van der Waals surface area contributed by atoms with Crippen LogP contribution in [0.1, 0.15) is 65.9 Å². The van der Waals surface area contributed by atoms with E-state index in [9.17, 15) is 13.2 Å². The molecule has 3 heterocycles. The zero-order chi connectivity index (χ0) is 34.1. The van der Waals surface area contributed by atoms with Crippen molar-refractivity contribution in [3.05, 3.63) is 98.8 Å². The Morgan fingerprint density at radius 1 is 1.04 bits per heavy atom. The van der Waals surface area contributed by atoms with Gasteiger partial charge in [-0.05, 0) is 78.0 Å². The maximum Gasteiger partial charge on any atom is 0.416 e. The Labute approximate surface area is 289 Å². The predicted molar refractivity (Wildman–Crippen MR) is 189 cm³/mol. The summed E-state index contributed by atoms with van der Waals surface area (Å²) in [6.07, 6.45) is -2.00. The number of hydrogen-bond donors (Lipinski definition) is 0. The predicted octanol–water partition coefficient (Wildman–Crippen LogP) is 8.09. The number of piperazine rings is 1. The third-order valence-electron chi connectivity index (χ3n) is 9.03. The number of benzene rings is 2. The molecule has 1 fully saturated rings. The summed E-state index contributed by atoms with van der Waals surface area (Å²) in [6, 6.07) is 14.2. The Bertz CT molecular complexity index is 1580. The van der Waals surface area contributed by atoms with E-state index < -0.39 is 20.8 Å². The van der Waals surface area contributed by atoms with E-state index in [2.05, 4.69) is 65.7 Å². The molecule has 1 radical (unpaired) electrons. The molecule has 1 saturated heterocycles. The van der Waals surface area contributed by atoms with Crippen LogP contribution in [0, 0.1) is 6.92 Å². The van der Waals surface area contributed by atoms with Crippen molar-refractivity contribution in [1.29, 1.82) is 0 Å². The van der Waals surface area contributed by atoms with Gasteiger partial charge >= 0.3 is 6.18 Å². The summed E-state index contributed by atoms with van der Waals surface area (Å²) in [7, 11) is -1.19. The van der Waals surface area contributed by atoms with E-state index in [1.807, 2.05) is 24.4 Å². The molecule has 0 saturated carbocycles. The summed E-state index contributed by atoms with van der Waals surface area (Å²) in [4.78, 5) is 12.0. The molecule has 0 aliphatic carbocycles. The second-order valence-electron chi connectivity index (χ2n) is 14.0.